The molecule has 1 aromatic heterocycles. The van der Waals surface area contributed by atoms with Gasteiger partial charge in [0.1, 0.15) is 5.82 Å². The summed E-state index contributed by atoms with van der Waals surface area (Å²) in [4.78, 5) is 6.41. The number of aliphatic hydroxyl groups is 1. The van der Waals surface area contributed by atoms with E-state index >= 15 is 0 Å². The van der Waals surface area contributed by atoms with Gasteiger partial charge in [0.15, 0.2) is 0 Å². The summed E-state index contributed by atoms with van der Waals surface area (Å²) < 4.78 is 12.9. The summed E-state index contributed by atoms with van der Waals surface area (Å²) in [5, 5.41) is 12.0. The van der Waals surface area contributed by atoms with E-state index in [1.165, 1.54) is 12.3 Å². The zero-order valence-electron chi connectivity index (χ0n) is 12.5. The van der Waals surface area contributed by atoms with Crippen molar-refractivity contribution in [2.75, 3.05) is 33.8 Å². The minimum absolute atomic E-state index is 0.149. The molecule has 5 heteroatoms. The van der Waals surface area contributed by atoms with Crippen molar-refractivity contribution in [3.05, 3.63) is 29.8 Å². The summed E-state index contributed by atoms with van der Waals surface area (Å²) in [7, 11) is 4.00. The average Bonchev–Trinajstić information content (AvgIpc) is 2.46. The van der Waals surface area contributed by atoms with Crippen LogP contribution in [0.15, 0.2) is 18.3 Å². The van der Waals surface area contributed by atoms with E-state index in [0.29, 0.717) is 0 Å². The first-order chi connectivity index (χ1) is 9.67. The Morgan fingerprint density at radius 3 is 2.70 bits per heavy atom. The van der Waals surface area contributed by atoms with E-state index in [-0.39, 0.29) is 18.5 Å². The molecule has 2 N–H and O–H groups in total. The summed E-state index contributed by atoms with van der Waals surface area (Å²) in [6, 6.07) is 3.33. The molecule has 20 heavy (non-hydrogen) atoms. The quantitative estimate of drug-likeness (QED) is 0.645. The molecule has 1 unspecified atom stereocenters. The third-order valence-corrected chi connectivity index (χ3v) is 3.45. The molecule has 0 aliphatic carbocycles. The maximum absolute atomic E-state index is 12.9. The maximum Gasteiger partial charge on any atom is 0.141 e. The zero-order valence-corrected chi connectivity index (χ0v) is 12.5. The molecule has 1 heterocycles. The van der Waals surface area contributed by atoms with Crippen molar-refractivity contribution < 1.29 is 9.50 Å². The topological polar surface area (TPSA) is 48.4 Å². The van der Waals surface area contributed by atoms with E-state index in [9.17, 15) is 4.39 Å². The van der Waals surface area contributed by atoms with Crippen molar-refractivity contribution in [3.8, 4) is 0 Å². The van der Waals surface area contributed by atoms with Crippen LogP contribution in [0.2, 0.25) is 0 Å². The van der Waals surface area contributed by atoms with Crippen molar-refractivity contribution >= 4 is 0 Å². The van der Waals surface area contributed by atoms with Crippen LogP contribution in [0.25, 0.3) is 0 Å². The van der Waals surface area contributed by atoms with E-state index < -0.39 is 0 Å². The molecule has 1 rings (SSSR count). The Bertz CT molecular complexity index is 359. The van der Waals surface area contributed by atoms with E-state index in [4.69, 9.17) is 5.11 Å². The minimum atomic E-state index is -0.301. The van der Waals surface area contributed by atoms with Gasteiger partial charge in [-0.15, -0.1) is 0 Å². The Morgan fingerprint density at radius 1 is 1.30 bits per heavy atom. The second kappa shape index (κ2) is 9.80. The zero-order chi connectivity index (χ0) is 14.8. The molecule has 4 nitrogen and oxygen atoms in total. The molecule has 0 fully saturated rings. The van der Waals surface area contributed by atoms with Gasteiger partial charge in [0.05, 0.1) is 17.9 Å². The standard InChI is InChI=1S/C15H26FN3O/c1-17-14(15-7-6-13(16)12-18-15)8-10-19(2)9-4-3-5-11-20/h6-7,12,14,17,20H,3-5,8-11H2,1-2H3. The van der Waals surface area contributed by atoms with Crippen LogP contribution in [-0.4, -0.2) is 48.8 Å². The largest absolute Gasteiger partial charge is 0.396 e. The number of pyridine rings is 1. The van der Waals surface area contributed by atoms with Gasteiger partial charge in [-0.2, -0.15) is 0 Å². The first kappa shape index (κ1) is 17.0. The SMILES string of the molecule is CNC(CCN(C)CCCCCO)c1ccc(F)cn1. The van der Waals surface area contributed by atoms with Gasteiger partial charge in [0.25, 0.3) is 0 Å². The second-order valence-corrected chi connectivity index (χ2v) is 5.12. The van der Waals surface area contributed by atoms with Gasteiger partial charge in [-0.3, -0.25) is 4.98 Å². The fraction of sp³-hybridized carbons (Fsp3) is 0.667. The summed E-state index contributed by atoms with van der Waals surface area (Å²) in [5.41, 5.74) is 0.877. The third-order valence-electron chi connectivity index (χ3n) is 3.45. The van der Waals surface area contributed by atoms with Gasteiger partial charge >= 0.3 is 0 Å². The monoisotopic (exact) mass is 283 g/mol. The van der Waals surface area contributed by atoms with Crippen LogP contribution in [-0.2, 0) is 0 Å². The fourth-order valence-corrected chi connectivity index (χ4v) is 2.17. The Morgan fingerprint density at radius 2 is 2.10 bits per heavy atom. The molecule has 0 aliphatic rings. The van der Waals surface area contributed by atoms with Gasteiger partial charge in [0.2, 0.25) is 0 Å². The number of hydrogen-bond donors (Lipinski definition) is 2. The molecule has 1 atom stereocenters. The van der Waals surface area contributed by atoms with Crippen molar-refractivity contribution in [1.82, 2.24) is 15.2 Å². The maximum atomic E-state index is 12.9. The van der Waals surface area contributed by atoms with E-state index in [0.717, 1.165) is 44.5 Å². The molecule has 1 aromatic rings. The molecule has 0 aliphatic heterocycles. The highest BCUT2D eigenvalue weighted by Gasteiger charge is 2.11. The number of rotatable bonds is 10. The number of aliphatic hydroxyl groups excluding tert-OH is 1. The Kier molecular flexibility index (Phi) is 8.34. The molecule has 114 valence electrons. The number of aromatic nitrogens is 1. The number of halogens is 1. The number of nitrogens with zero attached hydrogens (tertiary/aromatic N) is 2. The Balaban J connectivity index is 2.32. The lowest BCUT2D eigenvalue weighted by atomic mass is 10.1. The molecular formula is C15H26FN3O. The Hall–Kier alpha value is -1.04. The van der Waals surface area contributed by atoms with Gasteiger partial charge in [-0.25, -0.2) is 4.39 Å². The Labute approximate surface area is 121 Å². The summed E-state index contributed by atoms with van der Waals surface area (Å²) >= 11 is 0. The van der Waals surface area contributed by atoms with E-state index in [1.807, 2.05) is 7.05 Å². The van der Waals surface area contributed by atoms with Gasteiger partial charge in [-0.1, -0.05) is 0 Å². The van der Waals surface area contributed by atoms with Gasteiger partial charge < -0.3 is 15.3 Å². The van der Waals surface area contributed by atoms with Crippen molar-refractivity contribution in [3.63, 3.8) is 0 Å². The number of unbranched alkanes of at least 4 members (excludes halogenated alkanes) is 2. The average molecular weight is 283 g/mol. The van der Waals surface area contributed by atoms with Crippen molar-refractivity contribution in [2.24, 2.45) is 0 Å². The lowest BCUT2D eigenvalue weighted by Gasteiger charge is -2.21. The van der Waals surface area contributed by atoms with Crippen LogP contribution in [0.1, 0.15) is 37.4 Å². The fourth-order valence-electron chi connectivity index (χ4n) is 2.17. The van der Waals surface area contributed by atoms with Gasteiger partial charge in [-0.05, 0) is 65.0 Å². The van der Waals surface area contributed by atoms with Crippen molar-refractivity contribution in [2.45, 2.75) is 31.7 Å². The van der Waals surface area contributed by atoms with Crippen molar-refractivity contribution in [1.29, 1.82) is 0 Å². The minimum Gasteiger partial charge on any atom is -0.396 e. The molecule has 0 radical (unpaired) electrons. The van der Waals surface area contributed by atoms with Crippen LogP contribution >= 0.6 is 0 Å². The normalized spacial score (nSPS) is 12.8. The first-order valence-electron chi connectivity index (χ1n) is 7.25. The predicted molar refractivity (Wildman–Crippen MR) is 79.0 cm³/mol. The second-order valence-electron chi connectivity index (χ2n) is 5.12. The summed E-state index contributed by atoms with van der Waals surface area (Å²) in [5.74, 6) is -0.301. The molecule has 0 amide bonds. The molecular weight excluding hydrogens is 257 g/mol. The first-order valence-corrected chi connectivity index (χ1v) is 7.25. The van der Waals surface area contributed by atoms with Crippen LogP contribution < -0.4 is 5.32 Å². The molecule has 0 spiro atoms. The molecule has 0 aromatic carbocycles. The number of nitrogens with one attached hydrogen (secondary N) is 1. The van der Waals surface area contributed by atoms with Crippen LogP contribution in [0.5, 0.6) is 0 Å². The third kappa shape index (κ3) is 6.41. The van der Waals surface area contributed by atoms with Crippen LogP contribution in [0.3, 0.4) is 0 Å². The molecule has 0 saturated carbocycles. The number of hydrogen-bond acceptors (Lipinski definition) is 4. The molecule has 0 saturated heterocycles. The predicted octanol–water partition coefficient (Wildman–Crippen LogP) is 1.97. The smallest absolute Gasteiger partial charge is 0.141 e. The lowest BCUT2D eigenvalue weighted by Crippen LogP contribution is -2.26. The van der Waals surface area contributed by atoms with Crippen LogP contribution in [0.4, 0.5) is 4.39 Å². The lowest BCUT2D eigenvalue weighted by molar-refractivity contribution is 0.269. The van der Waals surface area contributed by atoms with E-state index in [2.05, 4.69) is 22.2 Å². The molecule has 0 bridgehead atoms. The highest BCUT2D eigenvalue weighted by Crippen LogP contribution is 2.14. The van der Waals surface area contributed by atoms with Gasteiger partial charge in [0, 0.05) is 6.61 Å². The summed E-state index contributed by atoms with van der Waals surface area (Å²) in [6.07, 6.45) is 5.25. The highest BCUT2D eigenvalue weighted by atomic mass is 19.1. The van der Waals surface area contributed by atoms with E-state index in [1.54, 1.807) is 6.07 Å². The van der Waals surface area contributed by atoms with Crippen LogP contribution in [0, 0.1) is 5.82 Å². The highest BCUT2D eigenvalue weighted by molar-refractivity contribution is 5.09. The summed E-state index contributed by atoms with van der Waals surface area (Å²) in [6.45, 7) is 2.28.